The first kappa shape index (κ1) is 16.6. The molecule has 1 N–H and O–H groups in total. The fourth-order valence-corrected chi connectivity index (χ4v) is 7.69. The van der Waals surface area contributed by atoms with Gasteiger partial charge in [0.2, 0.25) is 0 Å². The van der Waals surface area contributed by atoms with Crippen LogP contribution in [0.25, 0.3) is 0 Å². The molecule has 0 heterocycles. The number of carbonyl (C=O) groups is 1. The molecule has 0 bridgehead atoms. The maximum atomic E-state index is 12.2. The highest BCUT2D eigenvalue weighted by Gasteiger charge is 2.62. The number of rotatable bonds is 1. The molecular weight excluding hydrogens is 298 g/mol. The largest absolute Gasteiger partial charge is 0.393 e. The summed E-state index contributed by atoms with van der Waals surface area (Å²) in [6, 6.07) is 2.67. The highest BCUT2D eigenvalue weighted by Crippen LogP contribution is 2.67. The summed E-state index contributed by atoms with van der Waals surface area (Å²) in [6.07, 6.45) is 9.40. The van der Waals surface area contributed by atoms with Crippen molar-refractivity contribution >= 4 is 5.78 Å². The van der Waals surface area contributed by atoms with Gasteiger partial charge in [-0.1, -0.05) is 6.92 Å². The molecule has 0 radical (unpaired) electrons. The lowest BCUT2D eigenvalue weighted by molar-refractivity contribution is -0.133. The Hall–Kier alpha value is -0.880. The van der Waals surface area contributed by atoms with Gasteiger partial charge in [-0.3, -0.25) is 4.79 Å². The highest BCUT2D eigenvalue weighted by atomic mass is 16.3. The summed E-state index contributed by atoms with van der Waals surface area (Å²) < 4.78 is 0. The van der Waals surface area contributed by atoms with E-state index in [9.17, 15) is 15.2 Å². The first-order valence-electron chi connectivity index (χ1n) is 10.0. The Morgan fingerprint density at radius 1 is 1.08 bits per heavy atom. The van der Waals surface area contributed by atoms with E-state index in [1.165, 1.54) is 12.8 Å². The third kappa shape index (κ3) is 2.08. The van der Waals surface area contributed by atoms with Gasteiger partial charge in [-0.2, -0.15) is 5.26 Å². The molecule has 0 aromatic carbocycles. The molecule has 4 rings (SSSR count). The van der Waals surface area contributed by atoms with E-state index in [0.29, 0.717) is 29.1 Å². The maximum absolute atomic E-state index is 12.2. The van der Waals surface area contributed by atoms with Crippen LogP contribution in [0.1, 0.15) is 71.6 Å². The predicted molar refractivity (Wildman–Crippen MR) is 91.8 cm³/mol. The Balaban J connectivity index is 1.65. The fourth-order valence-electron chi connectivity index (χ4n) is 7.69. The van der Waals surface area contributed by atoms with Crippen LogP contribution in [0.2, 0.25) is 0 Å². The zero-order chi connectivity index (χ0) is 17.1. The molecule has 0 aromatic rings. The minimum atomic E-state index is -0.371. The van der Waals surface area contributed by atoms with Crippen LogP contribution in [0.3, 0.4) is 0 Å². The van der Waals surface area contributed by atoms with Crippen molar-refractivity contribution in [2.24, 2.45) is 40.4 Å². The summed E-state index contributed by atoms with van der Waals surface area (Å²) in [7, 11) is 0. The van der Waals surface area contributed by atoms with Crippen LogP contribution in [0.4, 0.5) is 0 Å². The average Bonchev–Trinajstić information content (AvgIpc) is 2.95. The van der Waals surface area contributed by atoms with Gasteiger partial charge in [-0.15, -0.1) is 0 Å². The summed E-state index contributed by atoms with van der Waals surface area (Å²) in [5.74, 6) is 2.62. The molecule has 24 heavy (non-hydrogen) atoms. The number of fused-ring (bicyclic) bond motifs is 5. The molecule has 0 saturated heterocycles. The van der Waals surface area contributed by atoms with Crippen molar-refractivity contribution in [3.05, 3.63) is 0 Å². The normalized spacial score (nSPS) is 53.4. The second-order valence-corrected chi connectivity index (χ2v) is 9.52. The smallest absolute Gasteiger partial charge is 0.134 e. The summed E-state index contributed by atoms with van der Waals surface area (Å²) in [5.41, 5.74) is -0.0253. The van der Waals surface area contributed by atoms with E-state index >= 15 is 0 Å². The van der Waals surface area contributed by atoms with Crippen LogP contribution < -0.4 is 0 Å². The molecule has 0 aliphatic heterocycles. The topological polar surface area (TPSA) is 61.1 Å². The Labute approximate surface area is 145 Å². The van der Waals surface area contributed by atoms with Gasteiger partial charge >= 0.3 is 0 Å². The molecule has 0 spiro atoms. The Morgan fingerprint density at radius 3 is 2.58 bits per heavy atom. The number of aliphatic hydroxyl groups is 1. The third-order valence-corrected chi connectivity index (χ3v) is 8.85. The van der Waals surface area contributed by atoms with E-state index in [4.69, 9.17) is 0 Å². The Bertz CT molecular complexity index is 581. The lowest BCUT2D eigenvalue weighted by Gasteiger charge is -2.60. The molecule has 3 heteroatoms. The van der Waals surface area contributed by atoms with Crippen LogP contribution in [0.15, 0.2) is 0 Å². The van der Waals surface area contributed by atoms with Gasteiger partial charge in [0.25, 0.3) is 0 Å². The van der Waals surface area contributed by atoms with Crippen molar-refractivity contribution in [3.8, 4) is 6.07 Å². The third-order valence-electron chi connectivity index (χ3n) is 8.85. The SMILES string of the molecule is CC(=O)[C@H]1CC[C@H]2[C@@H]3CCC4CC(O)CC[C@]4(C)[C@H]3CC[C@]12C#N. The van der Waals surface area contributed by atoms with Gasteiger partial charge in [-0.05, 0) is 93.8 Å². The van der Waals surface area contributed by atoms with Gasteiger partial charge in [0.15, 0.2) is 0 Å². The molecule has 0 aromatic heterocycles. The zero-order valence-electron chi connectivity index (χ0n) is 15.1. The summed E-state index contributed by atoms with van der Waals surface area (Å²) >= 11 is 0. The van der Waals surface area contributed by atoms with Gasteiger partial charge in [-0.25, -0.2) is 0 Å². The predicted octanol–water partition coefficient (Wildman–Crippen LogP) is 4.10. The van der Waals surface area contributed by atoms with Crippen LogP contribution in [-0.4, -0.2) is 17.0 Å². The van der Waals surface area contributed by atoms with Crippen LogP contribution >= 0.6 is 0 Å². The Kier molecular flexibility index (Phi) is 3.84. The van der Waals surface area contributed by atoms with E-state index < -0.39 is 0 Å². The van der Waals surface area contributed by atoms with E-state index in [0.717, 1.165) is 44.9 Å². The van der Waals surface area contributed by atoms with Gasteiger partial charge in [0.05, 0.1) is 17.6 Å². The quantitative estimate of drug-likeness (QED) is 0.788. The lowest BCUT2D eigenvalue weighted by atomic mass is 9.44. The summed E-state index contributed by atoms with van der Waals surface area (Å²) in [6.45, 7) is 4.16. The number of nitriles is 1. The van der Waals surface area contributed by atoms with Crippen molar-refractivity contribution in [3.63, 3.8) is 0 Å². The first-order valence-corrected chi connectivity index (χ1v) is 10.0. The second-order valence-electron chi connectivity index (χ2n) is 9.52. The number of hydrogen-bond acceptors (Lipinski definition) is 3. The molecule has 0 amide bonds. The van der Waals surface area contributed by atoms with Crippen molar-refractivity contribution < 1.29 is 9.90 Å². The maximum Gasteiger partial charge on any atom is 0.134 e. The Morgan fingerprint density at radius 2 is 1.88 bits per heavy atom. The second kappa shape index (κ2) is 5.56. The first-order chi connectivity index (χ1) is 11.4. The number of hydrogen-bond donors (Lipinski definition) is 1. The van der Waals surface area contributed by atoms with Gasteiger partial charge < -0.3 is 5.11 Å². The molecule has 4 aliphatic rings. The monoisotopic (exact) mass is 329 g/mol. The van der Waals surface area contributed by atoms with Gasteiger partial charge in [0.1, 0.15) is 5.78 Å². The molecule has 4 aliphatic carbocycles. The number of nitrogens with zero attached hydrogens (tertiary/aromatic N) is 1. The van der Waals surface area contributed by atoms with Crippen LogP contribution in [0.5, 0.6) is 0 Å². The van der Waals surface area contributed by atoms with E-state index in [-0.39, 0.29) is 23.2 Å². The van der Waals surface area contributed by atoms with Crippen LogP contribution in [-0.2, 0) is 4.79 Å². The number of ketones is 1. The van der Waals surface area contributed by atoms with Crippen molar-refractivity contribution in [2.75, 3.05) is 0 Å². The molecule has 4 fully saturated rings. The van der Waals surface area contributed by atoms with E-state index in [1.807, 2.05) is 0 Å². The summed E-state index contributed by atoms with van der Waals surface area (Å²) in [5, 5.41) is 20.2. The van der Waals surface area contributed by atoms with Crippen molar-refractivity contribution in [1.82, 2.24) is 0 Å². The number of aliphatic hydroxyl groups excluding tert-OH is 1. The van der Waals surface area contributed by atoms with Crippen molar-refractivity contribution in [2.45, 2.75) is 77.7 Å². The molecule has 3 nitrogen and oxygen atoms in total. The molecule has 2 unspecified atom stereocenters. The standard InChI is InChI=1S/C21H31NO2/c1-13(23)17-5-6-19-16-4-3-14-11-15(24)7-9-20(14,2)18(16)8-10-21(17,19)12-22/h14-19,24H,3-11H2,1-2H3/t14?,15?,16-,17-,18+,19+,20+,21+/m1/s1. The van der Waals surface area contributed by atoms with Crippen LogP contribution in [0, 0.1) is 51.8 Å². The average molecular weight is 329 g/mol. The minimum absolute atomic E-state index is 0.0212. The summed E-state index contributed by atoms with van der Waals surface area (Å²) in [4.78, 5) is 12.2. The lowest BCUT2D eigenvalue weighted by Crippen LogP contribution is -2.54. The van der Waals surface area contributed by atoms with Gasteiger partial charge in [0, 0.05) is 5.92 Å². The molecule has 8 atom stereocenters. The highest BCUT2D eigenvalue weighted by molar-refractivity contribution is 5.80. The van der Waals surface area contributed by atoms with E-state index in [1.54, 1.807) is 6.92 Å². The minimum Gasteiger partial charge on any atom is -0.393 e. The van der Waals surface area contributed by atoms with Crippen molar-refractivity contribution in [1.29, 1.82) is 5.26 Å². The fraction of sp³-hybridized carbons (Fsp3) is 0.905. The molecule has 4 saturated carbocycles. The number of Topliss-reactive ketones (excluding diaryl/α,β-unsaturated/α-hetero) is 1. The molecule has 132 valence electrons. The zero-order valence-corrected chi connectivity index (χ0v) is 15.1. The molecular formula is C21H31NO2. The van der Waals surface area contributed by atoms with E-state index in [2.05, 4.69) is 13.0 Å². The number of carbonyl (C=O) groups excluding carboxylic acids is 1.